The van der Waals surface area contributed by atoms with E-state index in [2.05, 4.69) is 25.8 Å². The molecule has 1 heterocycles. The predicted molar refractivity (Wildman–Crippen MR) is 81.6 cm³/mol. The highest BCUT2D eigenvalue weighted by Crippen LogP contribution is 2.24. The summed E-state index contributed by atoms with van der Waals surface area (Å²) in [7, 11) is 0. The molecule has 0 aliphatic heterocycles. The Morgan fingerprint density at radius 1 is 1.05 bits per heavy atom. The molecule has 0 saturated carbocycles. The fraction of sp³-hybridized carbons (Fsp3) is 0.250. The second kappa shape index (κ2) is 4.96. The van der Waals surface area contributed by atoms with Gasteiger partial charge in [0.2, 0.25) is 5.78 Å². The van der Waals surface area contributed by atoms with E-state index < -0.39 is 0 Å². The molecular formula is C16H19N3O. The number of hydrogen-bond acceptors (Lipinski definition) is 4. The number of carbonyl (C=O) groups is 1. The van der Waals surface area contributed by atoms with Crippen LogP contribution in [-0.4, -0.2) is 10.8 Å². The molecule has 0 saturated heterocycles. The molecule has 1 aromatic heterocycles. The van der Waals surface area contributed by atoms with Crippen LogP contribution in [0, 0.1) is 0 Å². The number of anilines is 2. The topological polar surface area (TPSA) is 82.0 Å². The number of nitrogens with two attached hydrogens (primary N) is 2. The van der Waals surface area contributed by atoms with E-state index in [1.54, 1.807) is 18.2 Å². The minimum absolute atomic E-state index is 0.0516. The predicted octanol–water partition coefficient (Wildman–Crippen LogP) is 2.77. The van der Waals surface area contributed by atoms with Crippen LogP contribution in [0.2, 0.25) is 0 Å². The second-order valence-electron chi connectivity index (χ2n) is 5.82. The highest BCUT2D eigenvalue weighted by atomic mass is 16.1. The lowest BCUT2D eigenvalue weighted by Gasteiger charge is -2.19. The number of benzene rings is 1. The van der Waals surface area contributed by atoms with Crippen LogP contribution in [0.3, 0.4) is 0 Å². The van der Waals surface area contributed by atoms with Crippen molar-refractivity contribution in [3.8, 4) is 0 Å². The third-order valence-electron chi connectivity index (χ3n) is 3.25. The highest BCUT2D eigenvalue weighted by Gasteiger charge is 2.17. The van der Waals surface area contributed by atoms with E-state index in [-0.39, 0.29) is 22.6 Å². The number of hydrogen-bond donors (Lipinski definition) is 2. The molecule has 0 unspecified atom stereocenters. The average Bonchev–Trinajstić information content (AvgIpc) is 2.40. The first-order valence-corrected chi connectivity index (χ1v) is 6.46. The molecule has 0 atom stereocenters. The largest absolute Gasteiger partial charge is 0.397 e. The summed E-state index contributed by atoms with van der Waals surface area (Å²) in [5, 5.41) is 0. The van der Waals surface area contributed by atoms with E-state index in [4.69, 9.17) is 11.5 Å². The van der Waals surface area contributed by atoms with Gasteiger partial charge in [-0.1, -0.05) is 45.0 Å². The molecule has 4 N–H and O–H groups in total. The van der Waals surface area contributed by atoms with Gasteiger partial charge in [0.25, 0.3) is 0 Å². The molecule has 4 nitrogen and oxygen atoms in total. The van der Waals surface area contributed by atoms with Crippen LogP contribution in [0.25, 0.3) is 0 Å². The summed E-state index contributed by atoms with van der Waals surface area (Å²) >= 11 is 0. The molecule has 2 rings (SSSR count). The number of ketones is 1. The molecule has 0 aliphatic carbocycles. The van der Waals surface area contributed by atoms with Crippen molar-refractivity contribution < 1.29 is 4.79 Å². The molecule has 0 radical (unpaired) electrons. The van der Waals surface area contributed by atoms with Gasteiger partial charge in [-0.3, -0.25) is 9.78 Å². The van der Waals surface area contributed by atoms with Gasteiger partial charge < -0.3 is 11.5 Å². The van der Waals surface area contributed by atoms with Crippen molar-refractivity contribution in [3.63, 3.8) is 0 Å². The van der Waals surface area contributed by atoms with Crippen molar-refractivity contribution in [3.05, 3.63) is 53.3 Å². The number of nitrogen functional groups attached to an aromatic ring is 2. The minimum atomic E-state index is -0.213. The van der Waals surface area contributed by atoms with Gasteiger partial charge in [-0.2, -0.15) is 0 Å². The van der Waals surface area contributed by atoms with Crippen LogP contribution < -0.4 is 11.5 Å². The fourth-order valence-corrected chi connectivity index (χ4v) is 1.93. The maximum Gasteiger partial charge on any atom is 0.213 e. The van der Waals surface area contributed by atoms with E-state index >= 15 is 0 Å². The summed E-state index contributed by atoms with van der Waals surface area (Å²) in [6.45, 7) is 6.38. The van der Waals surface area contributed by atoms with Crippen molar-refractivity contribution >= 4 is 17.2 Å². The Labute approximate surface area is 118 Å². The van der Waals surface area contributed by atoms with Gasteiger partial charge >= 0.3 is 0 Å². The molecule has 0 fully saturated rings. The van der Waals surface area contributed by atoms with Crippen LogP contribution in [0.15, 0.2) is 36.5 Å². The van der Waals surface area contributed by atoms with Crippen molar-refractivity contribution in [1.82, 2.24) is 4.98 Å². The number of nitrogens with zero attached hydrogens (tertiary/aromatic N) is 1. The van der Waals surface area contributed by atoms with Crippen molar-refractivity contribution in [2.75, 3.05) is 11.5 Å². The standard InChI is InChI=1S/C16H19N3O/c1-16(2,3)11-6-4-10(5-7-11)15(20)14-13(18)12(17)8-9-19-14/h4-9H,18H2,1-3H3,(H2,17,19). The summed E-state index contributed by atoms with van der Waals surface area (Å²) in [5.74, 6) is -0.213. The lowest BCUT2D eigenvalue weighted by molar-refractivity contribution is 0.103. The van der Waals surface area contributed by atoms with E-state index in [1.165, 1.54) is 11.8 Å². The molecule has 0 bridgehead atoms. The van der Waals surface area contributed by atoms with Crippen LogP contribution >= 0.6 is 0 Å². The van der Waals surface area contributed by atoms with Crippen molar-refractivity contribution in [2.24, 2.45) is 0 Å². The molecule has 0 aliphatic rings. The Bertz CT molecular complexity index is 640. The lowest BCUT2D eigenvalue weighted by atomic mass is 9.86. The Balaban J connectivity index is 2.37. The maximum absolute atomic E-state index is 12.4. The second-order valence-corrected chi connectivity index (χ2v) is 5.82. The van der Waals surface area contributed by atoms with Gasteiger partial charge in [0.05, 0.1) is 11.4 Å². The zero-order valence-electron chi connectivity index (χ0n) is 12.0. The first kappa shape index (κ1) is 14.1. The molecule has 0 spiro atoms. The number of carbonyl (C=O) groups excluding carboxylic acids is 1. The van der Waals surface area contributed by atoms with E-state index in [9.17, 15) is 4.79 Å². The van der Waals surface area contributed by atoms with E-state index in [1.807, 2.05) is 12.1 Å². The molecule has 20 heavy (non-hydrogen) atoms. The molecule has 104 valence electrons. The smallest absolute Gasteiger partial charge is 0.213 e. The Morgan fingerprint density at radius 3 is 2.20 bits per heavy atom. The molecule has 1 aromatic carbocycles. The summed E-state index contributed by atoms with van der Waals surface area (Å²) in [6.07, 6.45) is 1.49. The Kier molecular flexibility index (Phi) is 3.49. The van der Waals surface area contributed by atoms with E-state index in [0.29, 0.717) is 11.3 Å². The highest BCUT2D eigenvalue weighted by molar-refractivity contribution is 6.11. The quantitative estimate of drug-likeness (QED) is 0.821. The van der Waals surface area contributed by atoms with Gasteiger partial charge in [0.1, 0.15) is 5.69 Å². The Morgan fingerprint density at radius 2 is 1.65 bits per heavy atom. The van der Waals surface area contributed by atoms with E-state index in [0.717, 1.165) is 0 Å². The van der Waals surface area contributed by atoms with Gasteiger partial charge in [0.15, 0.2) is 0 Å². The van der Waals surface area contributed by atoms with Gasteiger partial charge in [0, 0.05) is 11.8 Å². The molecule has 0 amide bonds. The summed E-state index contributed by atoms with van der Waals surface area (Å²) in [5.41, 5.74) is 14.1. The number of aromatic nitrogens is 1. The number of pyridine rings is 1. The van der Waals surface area contributed by atoms with Gasteiger partial charge in [-0.15, -0.1) is 0 Å². The summed E-state index contributed by atoms with van der Waals surface area (Å²) in [6, 6.07) is 9.08. The zero-order chi connectivity index (χ0) is 14.9. The fourth-order valence-electron chi connectivity index (χ4n) is 1.93. The van der Waals surface area contributed by atoms with Crippen LogP contribution in [0.4, 0.5) is 11.4 Å². The Hall–Kier alpha value is -2.36. The number of rotatable bonds is 2. The first-order valence-electron chi connectivity index (χ1n) is 6.46. The van der Waals surface area contributed by atoms with Gasteiger partial charge in [-0.05, 0) is 17.0 Å². The molecule has 2 aromatic rings. The molecule has 4 heteroatoms. The zero-order valence-corrected chi connectivity index (χ0v) is 12.0. The first-order chi connectivity index (χ1) is 9.30. The molecular weight excluding hydrogens is 250 g/mol. The average molecular weight is 269 g/mol. The SMILES string of the molecule is CC(C)(C)c1ccc(C(=O)c2nccc(N)c2N)cc1. The van der Waals surface area contributed by atoms with Crippen LogP contribution in [0.1, 0.15) is 42.4 Å². The normalized spacial score (nSPS) is 11.3. The third kappa shape index (κ3) is 2.64. The van der Waals surface area contributed by atoms with Crippen LogP contribution in [0.5, 0.6) is 0 Å². The third-order valence-corrected chi connectivity index (χ3v) is 3.25. The minimum Gasteiger partial charge on any atom is -0.397 e. The van der Waals surface area contributed by atoms with Crippen LogP contribution in [-0.2, 0) is 5.41 Å². The lowest BCUT2D eigenvalue weighted by Crippen LogP contribution is -2.13. The van der Waals surface area contributed by atoms with Gasteiger partial charge in [-0.25, -0.2) is 0 Å². The summed E-state index contributed by atoms with van der Waals surface area (Å²) in [4.78, 5) is 16.4. The van der Waals surface area contributed by atoms with Crippen molar-refractivity contribution in [1.29, 1.82) is 0 Å². The maximum atomic E-state index is 12.4. The monoisotopic (exact) mass is 269 g/mol. The van der Waals surface area contributed by atoms with Crippen molar-refractivity contribution in [2.45, 2.75) is 26.2 Å². The summed E-state index contributed by atoms with van der Waals surface area (Å²) < 4.78 is 0.